The molecular formula is C33H30ClN10NaO8S2. The van der Waals surface area contributed by atoms with Gasteiger partial charge in [0.1, 0.15) is 11.4 Å². The molecule has 3 aromatic heterocycles. The predicted molar refractivity (Wildman–Crippen MR) is 191 cm³/mol. The normalized spacial score (nSPS) is 18.2. The van der Waals surface area contributed by atoms with Crippen molar-refractivity contribution in [3.8, 4) is 11.5 Å². The number of halogens is 1. The Balaban J connectivity index is 0.00000514. The van der Waals surface area contributed by atoms with Gasteiger partial charge in [-0.25, -0.2) is 4.98 Å². The fourth-order valence-corrected chi connectivity index (χ4v) is 8.56. The Hall–Kier alpha value is -4.60. The Morgan fingerprint density at radius 3 is 2.73 bits per heavy atom. The van der Waals surface area contributed by atoms with Crippen molar-refractivity contribution < 1.29 is 73.5 Å². The van der Waals surface area contributed by atoms with Gasteiger partial charge in [0.15, 0.2) is 46.5 Å². The third kappa shape index (κ3) is 7.53. The number of aromatic hydroxyl groups is 2. The predicted octanol–water partition coefficient (Wildman–Crippen LogP) is -2.33. The van der Waals surface area contributed by atoms with Crippen molar-refractivity contribution in [2.24, 2.45) is 11.1 Å². The number of aliphatic carboxylic acids is 1. The summed E-state index contributed by atoms with van der Waals surface area (Å²) < 4.78 is 1.98. The van der Waals surface area contributed by atoms with Crippen LogP contribution in [0.1, 0.15) is 54.3 Å². The van der Waals surface area contributed by atoms with Gasteiger partial charge in [0.2, 0.25) is 11.6 Å². The van der Waals surface area contributed by atoms with Crippen LogP contribution in [0.5, 0.6) is 11.5 Å². The average Bonchev–Trinajstić information content (AvgIpc) is 3.85. The van der Waals surface area contributed by atoms with Gasteiger partial charge in [-0.2, -0.15) is 9.78 Å². The first-order valence-electron chi connectivity index (χ1n) is 16.4. The molecule has 7 rings (SSSR count). The van der Waals surface area contributed by atoms with Gasteiger partial charge in [-0.1, -0.05) is 16.8 Å². The number of aromatic nitrogens is 6. The van der Waals surface area contributed by atoms with Crippen LogP contribution in [-0.4, -0.2) is 88.2 Å². The van der Waals surface area contributed by atoms with Gasteiger partial charge >= 0.3 is 29.6 Å². The number of fused-ring (bicyclic) bond motifs is 2. The Morgan fingerprint density at radius 1 is 1.25 bits per heavy atom. The van der Waals surface area contributed by atoms with E-state index in [1.165, 1.54) is 48.0 Å². The van der Waals surface area contributed by atoms with E-state index in [1.807, 2.05) is 16.8 Å². The quantitative estimate of drug-likeness (QED) is 0.0358. The standard InChI is InChI=1S/C33H31ClN10O8S2.Na/c1-33(2,31(50)51)52-39-24(18-14-54-32(35)36-18)22(46)11-17-29(49)44-25(27-37-40-41-38-27)15(13-53-30(17)44)12-42-9-3-6-20-19(42)5-4-10-43(20)28(48)16-7-8-21(45)26(47)23(16)34;/h3,6-9,14,17,30H,4-5,10-13H2,1-2H3,(H5-,35,36,37,38,39,40,41,45,46,47,48,50,51);/q;+1/p-1/t17-,30-;/m1./s1. The molecule has 1 saturated heterocycles. The number of ketones is 1. The van der Waals surface area contributed by atoms with Crippen LogP contribution in [0.15, 0.2) is 46.6 Å². The third-order valence-corrected chi connectivity index (χ3v) is 11.6. The molecule has 2 amide bonds. The number of thioether (sulfide) groups is 1. The molecule has 1 fully saturated rings. The molecule has 22 heteroatoms. The second-order valence-electron chi connectivity index (χ2n) is 13.0. The molecule has 3 aliphatic heterocycles. The molecule has 3 aliphatic rings. The maximum absolute atomic E-state index is 13.9. The van der Waals surface area contributed by atoms with E-state index in [-0.39, 0.29) is 81.4 Å². The van der Waals surface area contributed by atoms with Crippen LogP contribution in [0.2, 0.25) is 5.02 Å². The number of carboxylic acid groups (broad SMARTS) is 1. The molecule has 280 valence electrons. The molecule has 0 saturated carbocycles. The first kappa shape index (κ1) is 40.1. The van der Waals surface area contributed by atoms with E-state index in [4.69, 9.17) is 22.2 Å². The van der Waals surface area contributed by atoms with Gasteiger partial charge in [0.25, 0.3) is 5.91 Å². The first-order valence-corrected chi connectivity index (χ1v) is 18.7. The van der Waals surface area contributed by atoms with Crippen molar-refractivity contribution in [1.29, 1.82) is 0 Å². The van der Waals surface area contributed by atoms with Crippen molar-refractivity contribution in [2.75, 3.05) is 22.9 Å². The number of nitrogens with two attached hydrogens (primary N) is 1. The minimum Gasteiger partial charge on any atom is -0.546 e. The Morgan fingerprint density at radius 2 is 2.04 bits per heavy atom. The number of nitrogen functional groups attached to an aromatic ring is 1. The molecule has 1 aromatic carbocycles. The minimum absolute atomic E-state index is 0. The van der Waals surface area contributed by atoms with Gasteiger partial charge in [0.05, 0.1) is 39.4 Å². The largest absolute Gasteiger partial charge is 1.00 e. The molecule has 6 heterocycles. The number of phenols is 2. The molecule has 0 spiro atoms. The molecule has 0 bridgehead atoms. The van der Waals surface area contributed by atoms with Crippen LogP contribution in [0.25, 0.3) is 5.70 Å². The van der Waals surface area contributed by atoms with Gasteiger partial charge in [-0.15, -0.1) is 23.1 Å². The number of Topliss-reactive ketones (excluding diaryl/α,β-unsaturated/α-hetero) is 1. The van der Waals surface area contributed by atoms with Crippen LogP contribution >= 0.6 is 34.7 Å². The number of nitrogens with zero attached hydrogens (tertiary/aromatic N) is 9. The minimum atomic E-state index is -1.86. The Kier molecular flexibility index (Phi) is 11.6. The SMILES string of the molecule is CC(C)(O/N=C(\C(=O)C[C@@H]1C(=O)N2C(c3nnn[n-]3)=C(C[n+]3cccc4c3CCCN4C(=O)c3ccc(O)c(O)c3Cl)CS[C@H]12)c1csc(N)n1)C(=O)[O-].[Na+]. The summed E-state index contributed by atoms with van der Waals surface area (Å²) in [4.78, 5) is 65.2. The van der Waals surface area contributed by atoms with Crippen LogP contribution < -0.4 is 55.0 Å². The average molecular weight is 817 g/mol. The summed E-state index contributed by atoms with van der Waals surface area (Å²) in [5.41, 5.74) is 6.43. The number of hydrogen-bond donors (Lipinski definition) is 3. The van der Waals surface area contributed by atoms with E-state index < -0.39 is 46.1 Å². The molecule has 0 unspecified atom stereocenters. The van der Waals surface area contributed by atoms with Crippen LogP contribution in [0.4, 0.5) is 10.8 Å². The smallest absolute Gasteiger partial charge is 0.546 e. The number of carboxylic acids is 1. The fourth-order valence-electron chi connectivity index (χ4n) is 6.36. The number of carbonyl (C=O) groups excluding carboxylic acids is 4. The molecule has 0 radical (unpaired) electrons. The molecule has 0 aliphatic carbocycles. The van der Waals surface area contributed by atoms with Gasteiger partial charge in [-0.05, 0) is 38.5 Å². The van der Waals surface area contributed by atoms with Crippen molar-refractivity contribution >= 4 is 80.5 Å². The maximum atomic E-state index is 13.9. The summed E-state index contributed by atoms with van der Waals surface area (Å²) in [6.45, 7) is 3.12. The van der Waals surface area contributed by atoms with E-state index in [1.54, 1.807) is 11.0 Å². The second kappa shape index (κ2) is 15.9. The third-order valence-electron chi connectivity index (χ3n) is 9.16. The number of anilines is 2. The summed E-state index contributed by atoms with van der Waals surface area (Å²) in [7, 11) is 0. The number of oxime groups is 1. The van der Waals surface area contributed by atoms with Crippen LogP contribution in [0.3, 0.4) is 0 Å². The fraction of sp³-hybridized carbons (Fsp3) is 0.333. The zero-order chi connectivity index (χ0) is 38.5. The van der Waals surface area contributed by atoms with Crippen LogP contribution in [0, 0.1) is 5.92 Å². The molecule has 55 heavy (non-hydrogen) atoms. The van der Waals surface area contributed by atoms with Crippen molar-refractivity contribution in [2.45, 2.75) is 50.6 Å². The molecule has 4 aromatic rings. The summed E-state index contributed by atoms with van der Waals surface area (Å²) in [5, 5.41) is 51.6. The van der Waals surface area contributed by atoms with Crippen molar-refractivity contribution in [3.05, 3.63) is 69.2 Å². The van der Waals surface area contributed by atoms with E-state index in [0.29, 0.717) is 36.5 Å². The molecular weight excluding hydrogens is 787 g/mol. The monoisotopic (exact) mass is 816 g/mol. The zero-order valence-corrected chi connectivity index (χ0v) is 33.9. The number of β-lactam (4-membered cyclic amide) rings is 1. The summed E-state index contributed by atoms with van der Waals surface area (Å²) >= 11 is 8.74. The van der Waals surface area contributed by atoms with Gasteiger partial charge in [-0.3, -0.25) is 29.6 Å². The molecule has 18 nitrogen and oxygen atoms in total. The number of thiazole rings is 1. The number of carbonyl (C=O) groups is 4. The number of rotatable bonds is 11. The maximum Gasteiger partial charge on any atom is 1.00 e. The second-order valence-corrected chi connectivity index (χ2v) is 15.4. The number of benzene rings is 1. The van der Waals surface area contributed by atoms with Gasteiger partial charge < -0.3 is 40.7 Å². The van der Waals surface area contributed by atoms with Crippen molar-refractivity contribution in [3.63, 3.8) is 0 Å². The number of amides is 2. The van der Waals surface area contributed by atoms with Crippen molar-refractivity contribution in [1.82, 2.24) is 30.5 Å². The summed E-state index contributed by atoms with van der Waals surface area (Å²) in [5.74, 6) is -4.23. The van der Waals surface area contributed by atoms with E-state index in [9.17, 15) is 34.5 Å². The summed E-state index contributed by atoms with van der Waals surface area (Å²) in [6.07, 6.45) is 2.84. The Labute approximate surface area is 347 Å². The Bertz CT molecular complexity index is 2270. The molecule has 2 atom stereocenters. The zero-order valence-electron chi connectivity index (χ0n) is 29.5. The topological polar surface area (TPSA) is 255 Å². The number of pyridine rings is 1. The van der Waals surface area contributed by atoms with Crippen LogP contribution in [-0.2, 0) is 32.2 Å². The molecule has 4 N–H and O–H groups in total. The number of hydrogen-bond acceptors (Lipinski definition) is 16. The van der Waals surface area contributed by atoms with E-state index in [0.717, 1.165) is 22.6 Å². The van der Waals surface area contributed by atoms with E-state index in [2.05, 4.69) is 30.8 Å². The number of tetrazole rings is 1. The van der Waals surface area contributed by atoms with E-state index >= 15 is 0 Å². The number of phenolic OH excluding ortho intramolecular Hbond substituents is 2. The first-order chi connectivity index (χ1) is 25.8. The van der Waals surface area contributed by atoms with Gasteiger partial charge in [0, 0.05) is 42.2 Å². The summed E-state index contributed by atoms with van der Waals surface area (Å²) in [6, 6.07) is 6.18.